The maximum Gasteiger partial charge on any atom is 0.317 e. The van der Waals surface area contributed by atoms with Crippen LogP contribution in [0.3, 0.4) is 0 Å². The lowest BCUT2D eigenvalue weighted by molar-refractivity contribution is -0.116. The number of piperidine rings is 1. The number of hydrogen-bond donors (Lipinski definition) is 3. The van der Waals surface area contributed by atoms with E-state index in [1.165, 1.54) is 6.07 Å². The molecule has 4 amide bonds. The van der Waals surface area contributed by atoms with Gasteiger partial charge in [-0.25, -0.2) is 4.79 Å². The molecule has 1 fully saturated rings. The van der Waals surface area contributed by atoms with Crippen LogP contribution >= 0.6 is 0 Å². The largest absolute Gasteiger partial charge is 0.497 e. The van der Waals surface area contributed by atoms with Gasteiger partial charge in [0.05, 0.1) is 18.4 Å². The molecule has 0 aromatic heterocycles. The Kier molecular flexibility index (Phi) is 8.01. The number of carbonyl (C=O) groups is 4. The van der Waals surface area contributed by atoms with Crippen LogP contribution < -0.4 is 21.1 Å². The molecule has 2 aromatic rings. The molecule has 1 heterocycles. The van der Waals surface area contributed by atoms with Crippen molar-refractivity contribution in [2.24, 2.45) is 11.7 Å². The normalized spacial score (nSPS) is 13.8. The number of hydrogen-bond acceptors (Lipinski definition) is 5. The van der Waals surface area contributed by atoms with Gasteiger partial charge in [0.15, 0.2) is 5.78 Å². The first-order chi connectivity index (χ1) is 15.9. The highest BCUT2D eigenvalue weighted by molar-refractivity contribution is 6.03. The minimum Gasteiger partial charge on any atom is -0.497 e. The zero-order valence-corrected chi connectivity index (χ0v) is 18.5. The molecule has 1 aliphatic heterocycles. The van der Waals surface area contributed by atoms with Crippen LogP contribution in [0.25, 0.3) is 0 Å². The molecule has 9 nitrogen and oxygen atoms in total. The summed E-state index contributed by atoms with van der Waals surface area (Å²) in [5.41, 5.74) is 6.51. The summed E-state index contributed by atoms with van der Waals surface area (Å²) < 4.78 is 5.12. The van der Waals surface area contributed by atoms with Crippen molar-refractivity contribution >= 4 is 29.3 Å². The second-order valence-corrected chi connectivity index (χ2v) is 7.79. The second-order valence-electron chi connectivity index (χ2n) is 7.79. The molecule has 0 spiro atoms. The third-order valence-corrected chi connectivity index (χ3v) is 5.62. The van der Waals surface area contributed by atoms with Crippen LogP contribution in [0.4, 0.5) is 10.5 Å². The maximum atomic E-state index is 12.7. The number of para-hydroxylation sites is 1. The van der Waals surface area contributed by atoms with Crippen LogP contribution in [0.5, 0.6) is 5.75 Å². The molecule has 0 atom stereocenters. The van der Waals surface area contributed by atoms with Crippen LogP contribution in [-0.2, 0) is 4.79 Å². The number of likely N-dealkylation sites (tertiary alicyclic amines) is 1. The van der Waals surface area contributed by atoms with E-state index in [9.17, 15) is 19.2 Å². The number of ether oxygens (including phenoxy) is 1. The van der Waals surface area contributed by atoms with Gasteiger partial charge in [-0.15, -0.1) is 0 Å². The van der Waals surface area contributed by atoms with Gasteiger partial charge >= 0.3 is 6.03 Å². The number of anilines is 1. The summed E-state index contributed by atoms with van der Waals surface area (Å²) in [6, 6.07) is 13.2. The van der Waals surface area contributed by atoms with Crippen LogP contribution in [0.15, 0.2) is 48.5 Å². The van der Waals surface area contributed by atoms with Crippen molar-refractivity contribution in [3.8, 4) is 5.75 Å². The standard InChI is InChI=1S/C24H28N4O5/c1-33-18-8-6-16(7-9-18)22(30)17-11-14-28(15-12-17)24(32)26-13-10-21(29)27-20-5-3-2-4-19(20)23(25)31/h2-9,17H,10-15H2,1H3,(H2,25,31)(H,26,32)(H,27,29). The third kappa shape index (κ3) is 6.31. The summed E-state index contributed by atoms with van der Waals surface area (Å²) in [4.78, 5) is 50.4. The van der Waals surface area contributed by atoms with E-state index in [1.807, 2.05) is 0 Å². The monoisotopic (exact) mass is 452 g/mol. The molecule has 0 radical (unpaired) electrons. The number of primary amides is 1. The molecular weight excluding hydrogens is 424 g/mol. The summed E-state index contributed by atoms with van der Waals surface area (Å²) in [7, 11) is 1.58. The molecule has 3 rings (SSSR count). The lowest BCUT2D eigenvalue weighted by atomic mass is 9.89. The van der Waals surface area contributed by atoms with Crippen molar-refractivity contribution in [1.82, 2.24) is 10.2 Å². The van der Waals surface area contributed by atoms with E-state index >= 15 is 0 Å². The number of amides is 4. The molecule has 1 aliphatic rings. The number of benzene rings is 2. The average Bonchev–Trinajstić information content (AvgIpc) is 2.84. The molecule has 1 saturated heterocycles. The Balaban J connectivity index is 1.41. The van der Waals surface area contributed by atoms with Crippen molar-refractivity contribution in [3.63, 3.8) is 0 Å². The third-order valence-electron chi connectivity index (χ3n) is 5.62. The van der Waals surface area contributed by atoms with Crippen LogP contribution in [0.2, 0.25) is 0 Å². The molecule has 4 N–H and O–H groups in total. The number of Topliss-reactive ketones (excluding diaryl/α,β-unsaturated/α-hetero) is 1. The summed E-state index contributed by atoms with van der Waals surface area (Å²) in [6.45, 7) is 1.08. The zero-order chi connectivity index (χ0) is 23.8. The fourth-order valence-corrected chi connectivity index (χ4v) is 3.75. The lowest BCUT2D eigenvalue weighted by Crippen LogP contribution is -2.46. The number of nitrogens with one attached hydrogen (secondary N) is 2. The average molecular weight is 453 g/mol. The number of urea groups is 1. The van der Waals surface area contributed by atoms with Crippen molar-refractivity contribution in [2.75, 3.05) is 32.1 Å². The Hall–Kier alpha value is -3.88. The Bertz CT molecular complexity index is 1010. The van der Waals surface area contributed by atoms with Crippen molar-refractivity contribution in [1.29, 1.82) is 0 Å². The Morgan fingerprint density at radius 1 is 1.03 bits per heavy atom. The first kappa shape index (κ1) is 23.8. The highest BCUT2D eigenvalue weighted by Crippen LogP contribution is 2.23. The fourth-order valence-electron chi connectivity index (χ4n) is 3.75. The Morgan fingerprint density at radius 3 is 2.33 bits per heavy atom. The van der Waals surface area contributed by atoms with Gasteiger partial charge in [-0.1, -0.05) is 12.1 Å². The Labute approximate surface area is 192 Å². The fraction of sp³-hybridized carbons (Fsp3) is 0.333. The van der Waals surface area contributed by atoms with Crippen molar-refractivity contribution < 1.29 is 23.9 Å². The molecule has 0 bridgehead atoms. The molecule has 0 unspecified atom stereocenters. The van der Waals surface area contributed by atoms with E-state index < -0.39 is 5.91 Å². The highest BCUT2D eigenvalue weighted by Gasteiger charge is 2.28. The molecule has 9 heteroatoms. The van der Waals surface area contributed by atoms with E-state index in [4.69, 9.17) is 10.5 Å². The van der Waals surface area contributed by atoms with Gasteiger partial charge in [-0.3, -0.25) is 14.4 Å². The van der Waals surface area contributed by atoms with E-state index in [-0.39, 0.29) is 42.2 Å². The number of methoxy groups -OCH3 is 1. The molecular formula is C24H28N4O5. The van der Waals surface area contributed by atoms with E-state index in [0.29, 0.717) is 42.9 Å². The quantitative estimate of drug-likeness (QED) is 0.530. The van der Waals surface area contributed by atoms with Gasteiger partial charge in [-0.2, -0.15) is 0 Å². The van der Waals surface area contributed by atoms with Gasteiger partial charge in [0.1, 0.15) is 5.75 Å². The predicted octanol–water partition coefficient (Wildman–Crippen LogP) is 2.43. The zero-order valence-electron chi connectivity index (χ0n) is 18.5. The number of nitrogens with zero attached hydrogens (tertiary/aromatic N) is 1. The summed E-state index contributed by atoms with van der Waals surface area (Å²) in [5.74, 6) is -0.325. The van der Waals surface area contributed by atoms with E-state index in [2.05, 4.69) is 10.6 Å². The molecule has 33 heavy (non-hydrogen) atoms. The molecule has 0 saturated carbocycles. The van der Waals surface area contributed by atoms with E-state index in [1.54, 1.807) is 54.5 Å². The van der Waals surface area contributed by atoms with Gasteiger partial charge in [0.25, 0.3) is 5.91 Å². The van der Waals surface area contributed by atoms with Crippen LogP contribution in [0, 0.1) is 5.92 Å². The highest BCUT2D eigenvalue weighted by atomic mass is 16.5. The smallest absolute Gasteiger partial charge is 0.317 e. The molecule has 2 aromatic carbocycles. The molecule has 0 aliphatic carbocycles. The number of nitrogens with two attached hydrogens (primary N) is 1. The van der Waals surface area contributed by atoms with Crippen LogP contribution in [0.1, 0.15) is 40.0 Å². The number of carbonyl (C=O) groups excluding carboxylic acids is 4. The van der Waals surface area contributed by atoms with Gasteiger partial charge < -0.3 is 26.0 Å². The van der Waals surface area contributed by atoms with Crippen LogP contribution in [-0.4, -0.2) is 55.3 Å². The van der Waals surface area contributed by atoms with E-state index in [0.717, 1.165) is 0 Å². The summed E-state index contributed by atoms with van der Waals surface area (Å²) in [5, 5.41) is 5.37. The van der Waals surface area contributed by atoms with Gasteiger partial charge in [0.2, 0.25) is 5.91 Å². The van der Waals surface area contributed by atoms with Gasteiger partial charge in [0, 0.05) is 37.5 Å². The lowest BCUT2D eigenvalue weighted by Gasteiger charge is -2.31. The van der Waals surface area contributed by atoms with Crippen molar-refractivity contribution in [3.05, 3.63) is 59.7 Å². The Morgan fingerprint density at radius 2 is 1.70 bits per heavy atom. The van der Waals surface area contributed by atoms with Crippen molar-refractivity contribution in [2.45, 2.75) is 19.3 Å². The molecule has 174 valence electrons. The predicted molar refractivity (Wildman–Crippen MR) is 123 cm³/mol. The minimum atomic E-state index is -0.631. The second kappa shape index (κ2) is 11.1. The summed E-state index contributed by atoms with van der Waals surface area (Å²) in [6.07, 6.45) is 1.22. The first-order valence-corrected chi connectivity index (χ1v) is 10.8. The number of rotatable bonds is 8. The first-order valence-electron chi connectivity index (χ1n) is 10.8. The summed E-state index contributed by atoms with van der Waals surface area (Å²) >= 11 is 0. The maximum absolute atomic E-state index is 12.7. The SMILES string of the molecule is COc1ccc(C(=O)C2CCN(C(=O)NCCC(=O)Nc3ccccc3C(N)=O)CC2)cc1. The van der Waals surface area contributed by atoms with Gasteiger partial charge in [-0.05, 0) is 49.2 Å². The topological polar surface area (TPSA) is 131 Å². The minimum absolute atomic E-state index is 0.0469. The number of ketones is 1.